The molecule has 0 aliphatic heterocycles. The van der Waals surface area contributed by atoms with Crippen molar-refractivity contribution in [3.63, 3.8) is 0 Å². The molecule has 0 fully saturated rings. The molecule has 0 spiro atoms. The predicted octanol–water partition coefficient (Wildman–Crippen LogP) is 2.78. The van der Waals surface area contributed by atoms with Crippen LogP contribution in [0.4, 0.5) is 4.39 Å². The second-order valence-corrected chi connectivity index (χ2v) is 3.51. The lowest BCUT2D eigenvalue weighted by molar-refractivity contribution is 0.558. The Morgan fingerprint density at radius 2 is 2.13 bits per heavy atom. The van der Waals surface area contributed by atoms with E-state index >= 15 is 0 Å². The zero-order chi connectivity index (χ0) is 10.8. The van der Waals surface area contributed by atoms with Crippen molar-refractivity contribution in [1.29, 1.82) is 0 Å². The van der Waals surface area contributed by atoms with Gasteiger partial charge in [-0.25, -0.2) is 4.39 Å². The highest BCUT2D eigenvalue weighted by atomic mass is 19.1. The van der Waals surface area contributed by atoms with Crippen molar-refractivity contribution in [1.82, 2.24) is 0 Å². The van der Waals surface area contributed by atoms with Gasteiger partial charge in [0.1, 0.15) is 5.82 Å². The maximum absolute atomic E-state index is 13.7. The number of benzene rings is 1. The fraction of sp³-hybridized carbons (Fsp3) is 0.167. The smallest absolute Gasteiger partial charge is 0.131 e. The summed E-state index contributed by atoms with van der Waals surface area (Å²) in [5.41, 5.74) is 7.81. The zero-order valence-corrected chi connectivity index (χ0v) is 8.41. The molecule has 0 amide bonds. The first kappa shape index (κ1) is 9.93. The van der Waals surface area contributed by atoms with Gasteiger partial charge >= 0.3 is 0 Å². The van der Waals surface area contributed by atoms with Crippen molar-refractivity contribution in [2.45, 2.75) is 13.0 Å². The van der Waals surface area contributed by atoms with Crippen molar-refractivity contribution in [2.75, 3.05) is 0 Å². The molecule has 0 radical (unpaired) electrons. The highest BCUT2D eigenvalue weighted by Crippen LogP contribution is 2.23. The molecule has 1 atom stereocenters. The van der Waals surface area contributed by atoms with Gasteiger partial charge in [0.15, 0.2) is 0 Å². The molecular formula is C12H12FNO. The molecule has 0 bridgehead atoms. The van der Waals surface area contributed by atoms with Crippen LogP contribution in [0.2, 0.25) is 0 Å². The number of nitrogens with two attached hydrogens (primary N) is 1. The molecule has 2 rings (SSSR count). The summed E-state index contributed by atoms with van der Waals surface area (Å²) in [4.78, 5) is 0. The fourth-order valence-electron chi connectivity index (χ4n) is 1.54. The van der Waals surface area contributed by atoms with Crippen molar-refractivity contribution in [2.24, 2.45) is 5.73 Å². The molecule has 2 N–H and O–H groups in total. The minimum atomic E-state index is -0.469. The van der Waals surface area contributed by atoms with Crippen LogP contribution in [0.5, 0.6) is 0 Å². The van der Waals surface area contributed by atoms with E-state index in [1.807, 2.05) is 0 Å². The van der Waals surface area contributed by atoms with Crippen molar-refractivity contribution >= 4 is 0 Å². The van der Waals surface area contributed by atoms with Crippen LogP contribution >= 0.6 is 0 Å². The Kier molecular flexibility index (Phi) is 2.56. The summed E-state index contributed by atoms with van der Waals surface area (Å²) in [5, 5.41) is 0. The van der Waals surface area contributed by atoms with Gasteiger partial charge in [0.25, 0.3) is 0 Å². The van der Waals surface area contributed by atoms with Gasteiger partial charge in [-0.1, -0.05) is 18.2 Å². The molecule has 1 aromatic heterocycles. The summed E-state index contributed by atoms with van der Waals surface area (Å²) >= 11 is 0. The highest BCUT2D eigenvalue weighted by Gasteiger charge is 2.15. The lowest BCUT2D eigenvalue weighted by Crippen LogP contribution is -2.13. The lowest BCUT2D eigenvalue weighted by Gasteiger charge is -2.11. The molecule has 78 valence electrons. The molecule has 0 saturated carbocycles. The lowest BCUT2D eigenvalue weighted by atomic mass is 10.00. The topological polar surface area (TPSA) is 39.2 Å². The maximum Gasteiger partial charge on any atom is 0.131 e. The summed E-state index contributed by atoms with van der Waals surface area (Å²) in [6.07, 6.45) is 3.06. The Bertz CT molecular complexity index is 451. The summed E-state index contributed by atoms with van der Waals surface area (Å²) in [6.45, 7) is 1.72. The second kappa shape index (κ2) is 3.87. The summed E-state index contributed by atoms with van der Waals surface area (Å²) in [6, 6.07) is 6.49. The molecule has 0 saturated heterocycles. The van der Waals surface area contributed by atoms with Crippen molar-refractivity contribution in [3.05, 3.63) is 59.3 Å². The molecule has 3 heteroatoms. The third-order valence-corrected chi connectivity index (χ3v) is 2.46. The summed E-state index contributed by atoms with van der Waals surface area (Å²) in [7, 11) is 0. The average Bonchev–Trinajstić information content (AvgIpc) is 2.74. The van der Waals surface area contributed by atoms with E-state index in [2.05, 4.69) is 0 Å². The van der Waals surface area contributed by atoms with Gasteiger partial charge in [0.05, 0.1) is 18.6 Å². The number of aryl methyl sites for hydroxylation is 1. The average molecular weight is 205 g/mol. The molecule has 1 aromatic carbocycles. The first-order valence-corrected chi connectivity index (χ1v) is 4.73. The van der Waals surface area contributed by atoms with Gasteiger partial charge < -0.3 is 10.2 Å². The van der Waals surface area contributed by atoms with E-state index in [1.54, 1.807) is 31.2 Å². The normalized spacial score (nSPS) is 12.7. The number of hydrogen-bond acceptors (Lipinski definition) is 2. The Labute approximate surface area is 87.5 Å². The summed E-state index contributed by atoms with van der Waals surface area (Å²) < 4.78 is 18.7. The Hall–Kier alpha value is -1.61. The third-order valence-electron chi connectivity index (χ3n) is 2.46. The molecule has 0 aliphatic carbocycles. The van der Waals surface area contributed by atoms with Crippen LogP contribution in [0.15, 0.2) is 41.2 Å². The van der Waals surface area contributed by atoms with E-state index in [1.165, 1.54) is 12.5 Å². The first-order chi connectivity index (χ1) is 7.20. The van der Waals surface area contributed by atoms with Gasteiger partial charge in [0, 0.05) is 11.1 Å². The number of rotatable bonds is 2. The maximum atomic E-state index is 13.7. The molecule has 2 aromatic rings. The van der Waals surface area contributed by atoms with Crippen LogP contribution < -0.4 is 5.73 Å². The molecule has 2 nitrogen and oxygen atoms in total. The zero-order valence-electron chi connectivity index (χ0n) is 8.41. The Morgan fingerprint density at radius 1 is 1.33 bits per heavy atom. The number of halogens is 1. The van der Waals surface area contributed by atoms with Crippen LogP contribution in [-0.4, -0.2) is 0 Å². The van der Waals surface area contributed by atoms with Gasteiger partial charge in [-0.3, -0.25) is 0 Å². The van der Waals surface area contributed by atoms with E-state index in [-0.39, 0.29) is 5.82 Å². The van der Waals surface area contributed by atoms with Crippen LogP contribution in [0.3, 0.4) is 0 Å². The molecular weight excluding hydrogens is 193 g/mol. The quantitative estimate of drug-likeness (QED) is 0.818. The number of furan rings is 1. The Morgan fingerprint density at radius 3 is 2.80 bits per heavy atom. The van der Waals surface area contributed by atoms with Crippen LogP contribution in [-0.2, 0) is 0 Å². The first-order valence-electron chi connectivity index (χ1n) is 4.73. The fourth-order valence-corrected chi connectivity index (χ4v) is 1.54. The van der Waals surface area contributed by atoms with Gasteiger partial charge in [0.2, 0.25) is 0 Å². The minimum Gasteiger partial charge on any atom is -0.472 e. The van der Waals surface area contributed by atoms with E-state index in [0.717, 1.165) is 5.56 Å². The predicted molar refractivity (Wildman–Crippen MR) is 55.9 cm³/mol. The molecule has 1 unspecified atom stereocenters. The van der Waals surface area contributed by atoms with E-state index in [9.17, 15) is 4.39 Å². The van der Waals surface area contributed by atoms with Gasteiger partial charge in [-0.15, -0.1) is 0 Å². The van der Waals surface area contributed by atoms with E-state index in [4.69, 9.17) is 10.2 Å². The van der Waals surface area contributed by atoms with Crippen LogP contribution in [0, 0.1) is 12.7 Å². The number of hydrogen-bond donors (Lipinski definition) is 1. The molecule has 1 heterocycles. The SMILES string of the molecule is Cc1cccc(C(N)c2ccoc2)c1F. The minimum absolute atomic E-state index is 0.244. The third kappa shape index (κ3) is 1.78. The van der Waals surface area contributed by atoms with Gasteiger partial charge in [-0.2, -0.15) is 0 Å². The largest absolute Gasteiger partial charge is 0.472 e. The Balaban J connectivity index is 2.42. The molecule has 15 heavy (non-hydrogen) atoms. The van der Waals surface area contributed by atoms with Crippen LogP contribution in [0.25, 0.3) is 0 Å². The van der Waals surface area contributed by atoms with E-state index in [0.29, 0.717) is 11.1 Å². The monoisotopic (exact) mass is 205 g/mol. The molecule has 0 aliphatic rings. The standard InChI is InChI=1S/C12H12FNO/c1-8-3-2-4-10(11(8)13)12(14)9-5-6-15-7-9/h2-7,12H,14H2,1H3. The van der Waals surface area contributed by atoms with Crippen LogP contribution in [0.1, 0.15) is 22.7 Å². The van der Waals surface area contributed by atoms with Gasteiger partial charge in [-0.05, 0) is 18.6 Å². The van der Waals surface area contributed by atoms with Crippen molar-refractivity contribution in [3.8, 4) is 0 Å². The summed E-state index contributed by atoms with van der Waals surface area (Å²) in [5.74, 6) is -0.244. The second-order valence-electron chi connectivity index (χ2n) is 3.51. The van der Waals surface area contributed by atoms with E-state index < -0.39 is 6.04 Å². The van der Waals surface area contributed by atoms with Crippen molar-refractivity contribution < 1.29 is 8.81 Å². The highest BCUT2D eigenvalue weighted by molar-refractivity contribution is 5.33.